The SMILES string of the molecule is CCS[C@@H]1OC(CC)[C@@H](OC(C)=O)[C@@H](OC)C1OC(C)=O. The predicted octanol–water partition coefficient (Wildman–Crippen LogP) is 1.75. The van der Waals surface area contributed by atoms with Crippen LogP contribution in [-0.2, 0) is 28.5 Å². The first-order valence-corrected chi connectivity index (χ1v) is 8.13. The van der Waals surface area contributed by atoms with E-state index < -0.39 is 30.3 Å². The second-order valence-electron chi connectivity index (χ2n) is 4.75. The Labute approximate surface area is 129 Å². The average Bonchev–Trinajstić information content (AvgIpc) is 2.40. The molecule has 0 aromatic heterocycles. The third-order valence-corrected chi connectivity index (χ3v) is 4.24. The van der Waals surface area contributed by atoms with Crippen LogP contribution < -0.4 is 0 Å². The van der Waals surface area contributed by atoms with Crippen molar-refractivity contribution in [2.24, 2.45) is 0 Å². The van der Waals surface area contributed by atoms with Gasteiger partial charge in [-0.15, -0.1) is 11.8 Å². The largest absolute Gasteiger partial charge is 0.457 e. The number of carbonyl (C=O) groups is 2. The Hall–Kier alpha value is -0.790. The number of rotatable bonds is 6. The van der Waals surface area contributed by atoms with Gasteiger partial charge in [-0.2, -0.15) is 0 Å². The van der Waals surface area contributed by atoms with Crippen molar-refractivity contribution in [3.05, 3.63) is 0 Å². The zero-order valence-corrected chi connectivity index (χ0v) is 14.0. The fourth-order valence-electron chi connectivity index (χ4n) is 2.42. The van der Waals surface area contributed by atoms with Crippen LogP contribution in [0.4, 0.5) is 0 Å². The van der Waals surface area contributed by atoms with Gasteiger partial charge < -0.3 is 18.9 Å². The molecule has 0 amide bonds. The maximum atomic E-state index is 11.4. The fraction of sp³-hybridized carbons (Fsp3) is 0.857. The van der Waals surface area contributed by atoms with Crippen LogP contribution in [0.5, 0.6) is 0 Å². The van der Waals surface area contributed by atoms with E-state index in [9.17, 15) is 9.59 Å². The molecule has 5 atom stereocenters. The molecule has 0 aromatic rings. The summed E-state index contributed by atoms with van der Waals surface area (Å²) in [6.07, 6.45) is -1.35. The van der Waals surface area contributed by atoms with Gasteiger partial charge in [-0.1, -0.05) is 13.8 Å². The Morgan fingerprint density at radius 1 is 1.05 bits per heavy atom. The number of thioether (sulfide) groups is 1. The number of ether oxygens (including phenoxy) is 4. The zero-order chi connectivity index (χ0) is 16.0. The molecule has 0 radical (unpaired) electrons. The smallest absolute Gasteiger partial charge is 0.303 e. The van der Waals surface area contributed by atoms with Crippen LogP contribution in [-0.4, -0.2) is 54.7 Å². The molecule has 1 aliphatic heterocycles. The lowest BCUT2D eigenvalue weighted by atomic mass is 9.97. The van der Waals surface area contributed by atoms with Gasteiger partial charge in [-0.25, -0.2) is 0 Å². The summed E-state index contributed by atoms with van der Waals surface area (Å²) in [6.45, 7) is 6.63. The Balaban J connectivity index is 3.03. The summed E-state index contributed by atoms with van der Waals surface area (Å²) >= 11 is 1.54. The molecule has 1 aliphatic rings. The maximum Gasteiger partial charge on any atom is 0.303 e. The normalized spacial score (nSPS) is 32.5. The van der Waals surface area contributed by atoms with Gasteiger partial charge in [0.05, 0.1) is 6.10 Å². The molecule has 1 rings (SSSR count). The second kappa shape index (κ2) is 8.60. The topological polar surface area (TPSA) is 71.1 Å². The highest BCUT2D eigenvalue weighted by Crippen LogP contribution is 2.34. The summed E-state index contributed by atoms with van der Waals surface area (Å²) in [7, 11) is 1.52. The van der Waals surface area contributed by atoms with E-state index in [0.717, 1.165) is 5.75 Å². The van der Waals surface area contributed by atoms with Gasteiger partial charge in [-0.05, 0) is 12.2 Å². The van der Waals surface area contributed by atoms with E-state index in [1.807, 2.05) is 13.8 Å². The number of hydrogen-bond acceptors (Lipinski definition) is 7. The van der Waals surface area contributed by atoms with Gasteiger partial charge >= 0.3 is 11.9 Å². The van der Waals surface area contributed by atoms with E-state index in [-0.39, 0.29) is 11.5 Å². The van der Waals surface area contributed by atoms with E-state index in [1.165, 1.54) is 21.0 Å². The number of methoxy groups -OCH3 is 1. The molecule has 0 aliphatic carbocycles. The van der Waals surface area contributed by atoms with Crippen LogP contribution in [0.15, 0.2) is 0 Å². The molecule has 0 saturated carbocycles. The molecule has 0 spiro atoms. The van der Waals surface area contributed by atoms with Crippen LogP contribution in [0.3, 0.4) is 0 Å². The van der Waals surface area contributed by atoms with E-state index in [0.29, 0.717) is 6.42 Å². The minimum atomic E-state index is -0.607. The van der Waals surface area contributed by atoms with E-state index in [2.05, 4.69) is 0 Å². The summed E-state index contributed by atoms with van der Waals surface area (Å²) in [5.74, 6) is -0.00998. The van der Waals surface area contributed by atoms with Crippen LogP contribution in [0, 0.1) is 0 Å². The number of esters is 2. The van der Waals surface area contributed by atoms with Crippen LogP contribution in [0.25, 0.3) is 0 Å². The highest BCUT2D eigenvalue weighted by Gasteiger charge is 2.49. The zero-order valence-electron chi connectivity index (χ0n) is 13.2. The lowest BCUT2D eigenvalue weighted by molar-refractivity contribution is -0.228. The molecular weight excluding hydrogens is 296 g/mol. The Kier molecular flexibility index (Phi) is 7.48. The van der Waals surface area contributed by atoms with E-state index >= 15 is 0 Å². The standard InChI is InChI=1S/C14H24O6S/c1-6-10-11(18-8(3)15)12(17-5)13(19-9(4)16)14(20-10)21-7-2/h10-14H,6-7H2,1-5H3/t10?,11-,12-,13?,14+/m1/s1. The van der Waals surface area contributed by atoms with Crippen molar-refractivity contribution in [2.45, 2.75) is 64.0 Å². The molecule has 122 valence electrons. The number of carbonyl (C=O) groups excluding carboxylic acids is 2. The fourth-order valence-corrected chi connectivity index (χ4v) is 3.37. The minimum Gasteiger partial charge on any atom is -0.457 e. The molecule has 0 aromatic carbocycles. The van der Waals surface area contributed by atoms with E-state index in [1.54, 1.807) is 11.8 Å². The van der Waals surface area contributed by atoms with Crippen molar-refractivity contribution in [1.82, 2.24) is 0 Å². The molecule has 0 N–H and O–H groups in total. The summed E-state index contributed by atoms with van der Waals surface area (Å²) in [5, 5.41) is 0. The maximum absolute atomic E-state index is 11.4. The highest BCUT2D eigenvalue weighted by atomic mass is 32.2. The second-order valence-corrected chi connectivity index (χ2v) is 6.13. The van der Waals surface area contributed by atoms with Crippen LogP contribution >= 0.6 is 11.8 Å². The van der Waals surface area contributed by atoms with Crippen LogP contribution in [0.1, 0.15) is 34.1 Å². The molecule has 0 bridgehead atoms. The van der Waals surface area contributed by atoms with Gasteiger partial charge in [0, 0.05) is 21.0 Å². The molecule has 21 heavy (non-hydrogen) atoms. The lowest BCUT2D eigenvalue weighted by Crippen LogP contribution is -2.59. The summed E-state index contributed by atoms with van der Waals surface area (Å²) in [4.78, 5) is 22.7. The van der Waals surface area contributed by atoms with Gasteiger partial charge in [0.1, 0.15) is 11.5 Å². The van der Waals surface area contributed by atoms with Crippen molar-refractivity contribution in [2.75, 3.05) is 12.9 Å². The first-order valence-electron chi connectivity index (χ1n) is 7.08. The first kappa shape index (κ1) is 18.3. The molecule has 6 nitrogen and oxygen atoms in total. The highest BCUT2D eigenvalue weighted by molar-refractivity contribution is 7.99. The predicted molar refractivity (Wildman–Crippen MR) is 79.0 cm³/mol. The molecule has 2 unspecified atom stereocenters. The third-order valence-electron chi connectivity index (χ3n) is 3.20. The van der Waals surface area contributed by atoms with Gasteiger partial charge in [-0.3, -0.25) is 9.59 Å². The average molecular weight is 320 g/mol. The van der Waals surface area contributed by atoms with Crippen LogP contribution in [0.2, 0.25) is 0 Å². The van der Waals surface area contributed by atoms with Crippen molar-refractivity contribution >= 4 is 23.7 Å². The Morgan fingerprint density at radius 2 is 1.62 bits per heavy atom. The molecule has 7 heteroatoms. The van der Waals surface area contributed by atoms with Crippen molar-refractivity contribution in [3.63, 3.8) is 0 Å². The molecular formula is C14H24O6S. The van der Waals surface area contributed by atoms with E-state index in [4.69, 9.17) is 18.9 Å². The quantitative estimate of drug-likeness (QED) is 0.690. The van der Waals surface area contributed by atoms with Gasteiger partial charge in [0.2, 0.25) is 0 Å². The first-order chi connectivity index (χ1) is 9.94. The minimum absolute atomic E-state index is 0.283. The summed E-state index contributed by atoms with van der Waals surface area (Å²) in [5.41, 5.74) is -0.333. The third kappa shape index (κ3) is 4.86. The molecule has 1 fully saturated rings. The number of hydrogen-bond donors (Lipinski definition) is 0. The van der Waals surface area contributed by atoms with Gasteiger partial charge in [0.25, 0.3) is 0 Å². The van der Waals surface area contributed by atoms with Crippen molar-refractivity contribution in [3.8, 4) is 0 Å². The Bertz CT molecular complexity index is 361. The molecule has 1 saturated heterocycles. The van der Waals surface area contributed by atoms with Crippen molar-refractivity contribution in [1.29, 1.82) is 0 Å². The van der Waals surface area contributed by atoms with Gasteiger partial charge in [0.15, 0.2) is 12.2 Å². The Morgan fingerprint density at radius 3 is 2.05 bits per heavy atom. The monoisotopic (exact) mass is 320 g/mol. The lowest BCUT2D eigenvalue weighted by Gasteiger charge is -2.44. The summed E-state index contributed by atoms with van der Waals surface area (Å²) < 4.78 is 22.2. The van der Waals surface area contributed by atoms with Crippen molar-refractivity contribution < 1.29 is 28.5 Å². The summed E-state index contributed by atoms with van der Waals surface area (Å²) in [6, 6.07) is 0. The molecule has 1 heterocycles.